The molecule has 0 atom stereocenters. The summed E-state index contributed by atoms with van der Waals surface area (Å²) in [4.78, 5) is 27.0. The second kappa shape index (κ2) is 6.95. The fourth-order valence-electron chi connectivity index (χ4n) is 3.30. The second-order valence-electron chi connectivity index (χ2n) is 6.11. The third kappa shape index (κ3) is 3.61. The van der Waals surface area contributed by atoms with Crippen LogP contribution in [0.2, 0.25) is 0 Å². The third-order valence-electron chi connectivity index (χ3n) is 4.71. The van der Waals surface area contributed by atoms with Gasteiger partial charge in [-0.05, 0) is 38.1 Å². The molecule has 0 saturated carbocycles. The molecule has 0 spiro atoms. The maximum Gasteiger partial charge on any atom is 0.269 e. The van der Waals surface area contributed by atoms with Gasteiger partial charge >= 0.3 is 0 Å². The van der Waals surface area contributed by atoms with E-state index in [2.05, 4.69) is 10.2 Å². The van der Waals surface area contributed by atoms with Crippen molar-refractivity contribution in [1.29, 1.82) is 0 Å². The molecular weight excluding hydrogens is 296 g/mol. The summed E-state index contributed by atoms with van der Waals surface area (Å²) in [6.07, 6.45) is 1.86. The second-order valence-corrected chi connectivity index (χ2v) is 6.11. The van der Waals surface area contributed by atoms with Gasteiger partial charge in [0.05, 0.1) is 4.92 Å². The first-order chi connectivity index (χ1) is 11.1. The summed E-state index contributed by atoms with van der Waals surface area (Å²) >= 11 is 0. The number of nitrogens with one attached hydrogen (secondary N) is 1. The van der Waals surface area contributed by atoms with Gasteiger partial charge in [0.25, 0.3) is 5.69 Å². The van der Waals surface area contributed by atoms with Gasteiger partial charge in [0.1, 0.15) is 0 Å². The zero-order valence-corrected chi connectivity index (χ0v) is 13.1. The van der Waals surface area contributed by atoms with Gasteiger partial charge in [-0.25, -0.2) is 0 Å². The fourth-order valence-corrected chi connectivity index (χ4v) is 3.30. The van der Waals surface area contributed by atoms with E-state index in [1.165, 1.54) is 12.1 Å². The van der Waals surface area contributed by atoms with E-state index in [0.29, 0.717) is 0 Å². The summed E-state index contributed by atoms with van der Waals surface area (Å²) in [5.41, 5.74) is 1.08. The van der Waals surface area contributed by atoms with Crippen molar-refractivity contribution in [3.8, 4) is 0 Å². The predicted molar refractivity (Wildman–Crippen MR) is 87.5 cm³/mol. The van der Waals surface area contributed by atoms with Gasteiger partial charge < -0.3 is 15.1 Å². The van der Waals surface area contributed by atoms with E-state index < -0.39 is 0 Å². The number of amides is 1. The normalized spacial score (nSPS) is 19.7. The Morgan fingerprint density at radius 1 is 1.09 bits per heavy atom. The number of hydrogen-bond acceptors (Lipinski definition) is 5. The van der Waals surface area contributed by atoms with Crippen LogP contribution in [0.3, 0.4) is 0 Å². The molecule has 7 heteroatoms. The summed E-state index contributed by atoms with van der Waals surface area (Å²) < 4.78 is 0. The van der Waals surface area contributed by atoms with Crippen molar-refractivity contribution < 1.29 is 9.72 Å². The predicted octanol–water partition coefficient (Wildman–Crippen LogP) is 1.24. The van der Waals surface area contributed by atoms with Crippen molar-refractivity contribution in [2.45, 2.75) is 12.8 Å². The highest BCUT2D eigenvalue weighted by atomic mass is 16.6. The average Bonchev–Trinajstić information content (AvgIpc) is 2.62. The molecule has 1 aromatic rings. The number of piperazine rings is 1. The first-order valence-corrected chi connectivity index (χ1v) is 8.14. The highest BCUT2D eigenvalue weighted by Gasteiger charge is 2.28. The van der Waals surface area contributed by atoms with Crippen LogP contribution in [0.5, 0.6) is 0 Å². The lowest BCUT2D eigenvalue weighted by Gasteiger charge is -2.38. The van der Waals surface area contributed by atoms with Crippen LogP contribution in [-0.4, -0.2) is 55.0 Å². The Morgan fingerprint density at radius 2 is 1.70 bits per heavy atom. The van der Waals surface area contributed by atoms with E-state index >= 15 is 0 Å². The van der Waals surface area contributed by atoms with E-state index in [0.717, 1.165) is 57.8 Å². The van der Waals surface area contributed by atoms with Crippen molar-refractivity contribution in [2.75, 3.05) is 44.2 Å². The van der Waals surface area contributed by atoms with Gasteiger partial charge in [-0.1, -0.05) is 0 Å². The zero-order chi connectivity index (χ0) is 16.2. The lowest BCUT2D eigenvalue weighted by Crippen LogP contribution is -2.51. The molecule has 1 amide bonds. The molecule has 2 aliphatic rings. The van der Waals surface area contributed by atoms with Crippen molar-refractivity contribution in [3.05, 3.63) is 34.4 Å². The molecule has 1 N–H and O–H groups in total. The summed E-state index contributed by atoms with van der Waals surface area (Å²) in [6.45, 7) is 4.85. The first-order valence-electron chi connectivity index (χ1n) is 8.14. The first kappa shape index (κ1) is 15.7. The van der Waals surface area contributed by atoms with Crippen LogP contribution in [0.15, 0.2) is 24.3 Å². The van der Waals surface area contributed by atoms with Crippen molar-refractivity contribution in [3.63, 3.8) is 0 Å². The van der Waals surface area contributed by atoms with E-state index in [4.69, 9.17) is 0 Å². The zero-order valence-electron chi connectivity index (χ0n) is 13.1. The maximum atomic E-state index is 12.5. The molecule has 0 aliphatic carbocycles. The van der Waals surface area contributed by atoms with Gasteiger partial charge in [0, 0.05) is 49.9 Å². The van der Waals surface area contributed by atoms with Crippen LogP contribution in [0, 0.1) is 16.0 Å². The van der Waals surface area contributed by atoms with E-state index in [1.807, 2.05) is 4.90 Å². The van der Waals surface area contributed by atoms with E-state index in [1.54, 1.807) is 12.1 Å². The maximum absolute atomic E-state index is 12.5. The highest BCUT2D eigenvalue weighted by Crippen LogP contribution is 2.22. The topological polar surface area (TPSA) is 78.7 Å². The molecule has 0 bridgehead atoms. The number of non-ortho nitro benzene ring substituents is 1. The van der Waals surface area contributed by atoms with Gasteiger partial charge in [-0.2, -0.15) is 0 Å². The summed E-state index contributed by atoms with van der Waals surface area (Å²) in [7, 11) is 0. The molecule has 0 aromatic heterocycles. The molecule has 0 unspecified atom stereocenters. The van der Waals surface area contributed by atoms with Crippen molar-refractivity contribution in [2.24, 2.45) is 5.92 Å². The summed E-state index contributed by atoms with van der Waals surface area (Å²) in [6, 6.07) is 6.62. The lowest BCUT2D eigenvalue weighted by atomic mass is 9.96. The van der Waals surface area contributed by atoms with Crippen LogP contribution in [0.1, 0.15) is 12.8 Å². The molecule has 2 saturated heterocycles. The molecule has 3 rings (SSSR count). The lowest BCUT2D eigenvalue weighted by molar-refractivity contribution is -0.384. The number of carbonyl (C=O) groups is 1. The van der Waals surface area contributed by atoms with Crippen LogP contribution in [0.25, 0.3) is 0 Å². The SMILES string of the molecule is O=C(C1CCNCC1)N1CCN(c2ccc([N+](=O)[O-])cc2)CC1. The average molecular weight is 318 g/mol. The molecule has 1 aromatic carbocycles. The monoisotopic (exact) mass is 318 g/mol. The number of nitrogens with zero attached hydrogens (tertiary/aromatic N) is 3. The number of piperidine rings is 1. The molecule has 23 heavy (non-hydrogen) atoms. The van der Waals surface area contributed by atoms with E-state index in [-0.39, 0.29) is 22.4 Å². The van der Waals surface area contributed by atoms with Crippen molar-refractivity contribution >= 4 is 17.3 Å². The molecule has 2 aliphatic heterocycles. The van der Waals surface area contributed by atoms with E-state index in [9.17, 15) is 14.9 Å². The number of rotatable bonds is 3. The third-order valence-corrected chi connectivity index (χ3v) is 4.71. The summed E-state index contributed by atoms with van der Waals surface area (Å²) in [5.74, 6) is 0.456. The minimum Gasteiger partial charge on any atom is -0.368 e. The smallest absolute Gasteiger partial charge is 0.269 e. The Bertz CT molecular complexity index is 561. The Balaban J connectivity index is 1.55. The molecule has 7 nitrogen and oxygen atoms in total. The number of carbonyl (C=O) groups excluding carboxylic acids is 1. The Hall–Kier alpha value is -2.15. The standard InChI is InChI=1S/C16H22N4O3/c21-16(13-5-7-17-8-6-13)19-11-9-18(10-12-19)14-1-3-15(4-2-14)20(22)23/h1-4,13,17H,5-12H2. The molecule has 124 valence electrons. The number of hydrogen-bond donors (Lipinski definition) is 1. The Labute approximate surface area is 135 Å². The van der Waals surface area contributed by atoms with Crippen LogP contribution in [0.4, 0.5) is 11.4 Å². The Kier molecular flexibility index (Phi) is 4.76. The summed E-state index contributed by atoms with van der Waals surface area (Å²) in [5, 5.41) is 14.0. The van der Waals surface area contributed by atoms with Gasteiger partial charge in [-0.3, -0.25) is 14.9 Å². The quantitative estimate of drug-likeness (QED) is 0.670. The minimum absolute atomic E-state index is 0.105. The fraction of sp³-hybridized carbons (Fsp3) is 0.562. The number of nitro benzene ring substituents is 1. The largest absolute Gasteiger partial charge is 0.368 e. The number of anilines is 1. The van der Waals surface area contributed by atoms with Crippen LogP contribution >= 0.6 is 0 Å². The molecule has 2 heterocycles. The van der Waals surface area contributed by atoms with Crippen molar-refractivity contribution in [1.82, 2.24) is 10.2 Å². The van der Waals surface area contributed by atoms with Crippen LogP contribution in [-0.2, 0) is 4.79 Å². The van der Waals surface area contributed by atoms with Gasteiger partial charge in [-0.15, -0.1) is 0 Å². The molecular formula is C16H22N4O3. The highest BCUT2D eigenvalue weighted by molar-refractivity contribution is 5.79. The minimum atomic E-state index is -0.389. The molecule has 2 fully saturated rings. The number of nitro groups is 1. The Morgan fingerprint density at radius 3 is 2.26 bits per heavy atom. The molecule has 0 radical (unpaired) electrons. The van der Waals surface area contributed by atoms with Crippen LogP contribution < -0.4 is 10.2 Å². The number of benzene rings is 1. The van der Waals surface area contributed by atoms with Gasteiger partial charge in [0.2, 0.25) is 5.91 Å². The van der Waals surface area contributed by atoms with Gasteiger partial charge in [0.15, 0.2) is 0 Å².